The van der Waals surface area contributed by atoms with E-state index in [1.165, 1.54) is 18.4 Å². The van der Waals surface area contributed by atoms with Crippen LogP contribution in [0, 0.1) is 0 Å². The van der Waals surface area contributed by atoms with Crippen LogP contribution in [0.4, 0.5) is 4.79 Å². The number of nitrogens with two attached hydrogens (primary N) is 1. The van der Waals surface area contributed by atoms with Gasteiger partial charge in [0.05, 0.1) is 0 Å². The number of imide groups is 1. The number of primary amides is 1. The van der Waals surface area contributed by atoms with Gasteiger partial charge in [-0.1, -0.05) is 6.42 Å². The maximum absolute atomic E-state index is 12.6. The average Bonchev–Trinajstić information content (AvgIpc) is 2.91. The molecule has 136 valence electrons. The first-order valence-corrected chi connectivity index (χ1v) is 8.60. The third-order valence-electron chi connectivity index (χ3n) is 5.22. The lowest BCUT2D eigenvalue weighted by molar-refractivity contribution is -0.525. The van der Waals surface area contributed by atoms with Gasteiger partial charge >= 0.3 is 11.9 Å². The number of fused-ring (bicyclic) bond motifs is 1. The second kappa shape index (κ2) is 6.55. The zero-order valence-electron chi connectivity index (χ0n) is 14.9. The molecule has 2 unspecified atom stereocenters. The molecular weight excluding hydrogens is 324 g/mol. The van der Waals surface area contributed by atoms with E-state index >= 15 is 0 Å². The average molecular weight is 349 g/mol. The van der Waals surface area contributed by atoms with Crippen molar-refractivity contribution in [2.24, 2.45) is 10.7 Å². The van der Waals surface area contributed by atoms with Gasteiger partial charge < -0.3 is 5.73 Å². The Morgan fingerprint density at radius 1 is 1.28 bits per heavy atom. The molecule has 2 fully saturated rings. The third kappa shape index (κ3) is 3.04. The minimum absolute atomic E-state index is 0.100. The monoisotopic (exact) mass is 349 g/mol. The summed E-state index contributed by atoms with van der Waals surface area (Å²) in [4.78, 5) is 45.7. The fourth-order valence-electron chi connectivity index (χ4n) is 3.70. The molecule has 0 aromatic carbocycles. The Hall–Kier alpha value is -2.29. The summed E-state index contributed by atoms with van der Waals surface area (Å²) in [5.41, 5.74) is 5.39. The lowest BCUT2D eigenvalue weighted by atomic mass is 10.0. The van der Waals surface area contributed by atoms with Crippen LogP contribution in [0.25, 0.3) is 0 Å². The Balaban J connectivity index is 1.96. The van der Waals surface area contributed by atoms with E-state index < -0.39 is 18.0 Å². The number of piperidine rings is 1. The van der Waals surface area contributed by atoms with E-state index in [0.29, 0.717) is 24.3 Å². The molecule has 0 aromatic heterocycles. The molecular formula is C16H25N6O3+. The summed E-state index contributed by atoms with van der Waals surface area (Å²) >= 11 is 0. The largest absolute Gasteiger partial charge is 0.366 e. The predicted molar refractivity (Wildman–Crippen MR) is 91.4 cm³/mol. The smallest absolute Gasteiger partial charge is 0.333 e. The second-order valence-corrected chi connectivity index (χ2v) is 6.94. The summed E-state index contributed by atoms with van der Waals surface area (Å²) in [7, 11) is 3.02. The Bertz CT molecular complexity index is 685. The SMILES string of the molecule is CC1CCCCN1CC1=[N+](CC(N)=O)C2C(=O)N(C)C(=O)N(C)C2=N1. The number of aliphatic imine (C=N–C) groups is 1. The summed E-state index contributed by atoms with van der Waals surface area (Å²) in [6, 6.07) is -0.779. The van der Waals surface area contributed by atoms with E-state index in [2.05, 4.69) is 16.8 Å². The third-order valence-corrected chi connectivity index (χ3v) is 5.22. The maximum Gasteiger partial charge on any atom is 0.333 e. The first-order valence-electron chi connectivity index (χ1n) is 8.60. The molecule has 3 heterocycles. The normalized spacial score (nSPS) is 27.7. The van der Waals surface area contributed by atoms with Crippen molar-refractivity contribution in [1.82, 2.24) is 14.7 Å². The van der Waals surface area contributed by atoms with Crippen molar-refractivity contribution in [3.8, 4) is 0 Å². The molecule has 0 aliphatic carbocycles. The number of likely N-dealkylation sites (tertiary alicyclic amines) is 1. The van der Waals surface area contributed by atoms with Crippen LogP contribution >= 0.6 is 0 Å². The molecule has 0 spiro atoms. The number of rotatable bonds is 4. The van der Waals surface area contributed by atoms with Gasteiger partial charge in [0.1, 0.15) is 6.54 Å². The van der Waals surface area contributed by atoms with Crippen LogP contribution in [0.1, 0.15) is 26.2 Å². The number of amidine groups is 2. The van der Waals surface area contributed by atoms with E-state index in [0.717, 1.165) is 24.3 Å². The summed E-state index contributed by atoms with van der Waals surface area (Å²) in [5.74, 6) is 0.0744. The minimum atomic E-state index is -0.768. The van der Waals surface area contributed by atoms with Crippen LogP contribution < -0.4 is 5.73 Å². The summed E-state index contributed by atoms with van der Waals surface area (Å²) < 4.78 is 1.64. The van der Waals surface area contributed by atoms with Crippen molar-refractivity contribution in [1.29, 1.82) is 0 Å². The molecule has 2 N–H and O–H groups in total. The van der Waals surface area contributed by atoms with Gasteiger partial charge in [0, 0.05) is 20.1 Å². The quantitative estimate of drug-likeness (QED) is 0.662. The second-order valence-electron chi connectivity index (χ2n) is 6.94. The molecule has 0 aromatic rings. The summed E-state index contributed by atoms with van der Waals surface area (Å²) in [6.45, 7) is 3.55. The van der Waals surface area contributed by atoms with Crippen molar-refractivity contribution in [3.63, 3.8) is 0 Å². The van der Waals surface area contributed by atoms with Crippen molar-refractivity contribution >= 4 is 29.5 Å². The molecule has 25 heavy (non-hydrogen) atoms. The molecule has 3 rings (SSSR count). The van der Waals surface area contributed by atoms with E-state index in [9.17, 15) is 14.4 Å². The number of hydrogen-bond acceptors (Lipinski definition) is 5. The molecule has 3 aliphatic heterocycles. The van der Waals surface area contributed by atoms with Crippen molar-refractivity contribution in [3.05, 3.63) is 0 Å². The van der Waals surface area contributed by atoms with Crippen molar-refractivity contribution in [2.45, 2.75) is 38.3 Å². The van der Waals surface area contributed by atoms with Crippen LogP contribution in [-0.4, -0.2) is 94.6 Å². The van der Waals surface area contributed by atoms with Crippen LogP contribution in [0.2, 0.25) is 0 Å². The van der Waals surface area contributed by atoms with Crippen molar-refractivity contribution < 1.29 is 19.0 Å². The zero-order valence-corrected chi connectivity index (χ0v) is 14.9. The van der Waals surface area contributed by atoms with E-state index in [4.69, 9.17) is 5.73 Å². The Labute approximate surface area is 146 Å². The lowest BCUT2D eigenvalue weighted by Crippen LogP contribution is -2.62. The first kappa shape index (κ1) is 17.5. The van der Waals surface area contributed by atoms with Gasteiger partial charge in [0.15, 0.2) is 6.54 Å². The van der Waals surface area contributed by atoms with Gasteiger partial charge in [-0.05, 0) is 31.3 Å². The number of carbonyl (C=O) groups excluding carboxylic acids is 3. The summed E-state index contributed by atoms with van der Waals surface area (Å²) in [5, 5.41) is 0. The summed E-state index contributed by atoms with van der Waals surface area (Å²) in [6.07, 6.45) is 3.44. The number of hydrogen-bond donors (Lipinski definition) is 1. The number of likely N-dealkylation sites (N-methyl/N-ethyl adjacent to an activating group) is 2. The first-order chi connectivity index (χ1) is 11.8. The Morgan fingerprint density at radius 3 is 2.64 bits per heavy atom. The standard InChI is InChI=1S/C16H24N6O3/c1-10-6-4-5-7-21(10)9-12-18-14-13(22(12)8-11(17)23)15(24)20(3)16(25)19(14)2/h10,13H,4-9H2,1-3H3,(H-,17,23)/p+1. The van der Waals surface area contributed by atoms with Crippen LogP contribution in [-0.2, 0) is 9.59 Å². The Kier molecular flexibility index (Phi) is 4.59. The highest BCUT2D eigenvalue weighted by Gasteiger charge is 2.53. The molecule has 0 bridgehead atoms. The van der Waals surface area contributed by atoms with Crippen LogP contribution in [0.3, 0.4) is 0 Å². The van der Waals surface area contributed by atoms with E-state index in [1.807, 2.05) is 0 Å². The maximum atomic E-state index is 12.6. The molecule has 3 aliphatic rings. The molecule has 0 saturated carbocycles. The highest BCUT2D eigenvalue weighted by molar-refractivity contribution is 6.23. The molecule has 9 heteroatoms. The zero-order chi connectivity index (χ0) is 18.3. The molecule has 0 radical (unpaired) electrons. The van der Waals surface area contributed by atoms with Gasteiger partial charge in [0.25, 0.3) is 23.7 Å². The van der Waals surface area contributed by atoms with E-state index in [-0.39, 0.29) is 12.5 Å². The van der Waals surface area contributed by atoms with Crippen LogP contribution in [0.15, 0.2) is 4.99 Å². The van der Waals surface area contributed by atoms with Gasteiger partial charge in [-0.25, -0.2) is 9.37 Å². The molecule has 2 atom stereocenters. The van der Waals surface area contributed by atoms with Gasteiger partial charge in [-0.15, -0.1) is 0 Å². The number of carbonyl (C=O) groups is 3. The fraction of sp³-hybridized carbons (Fsp3) is 0.688. The molecule has 4 amide bonds. The fourth-order valence-corrected chi connectivity index (χ4v) is 3.70. The van der Waals surface area contributed by atoms with Crippen molar-refractivity contribution in [2.75, 3.05) is 33.7 Å². The van der Waals surface area contributed by atoms with E-state index in [1.54, 1.807) is 11.6 Å². The predicted octanol–water partition coefficient (Wildman–Crippen LogP) is -0.938. The highest BCUT2D eigenvalue weighted by Crippen LogP contribution is 2.21. The number of urea groups is 1. The molecule has 2 saturated heterocycles. The number of amides is 4. The Morgan fingerprint density at radius 2 is 2.00 bits per heavy atom. The molecule has 9 nitrogen and oxygen atoms in total. The topological polar surface area (TPSA) is 102 Å². The highest BCUT2D eigenvalue weighted by atomic mass is 16.2. The van der Waals surface area contributed by atoms with Gasteiger partial charge in [0.2, 0.25) is 0 Å². The lowest BCUT2D eigenvalue weighted by Gasteiger charge is -2.32. The van der Waals surface area contributed by atoms with Crippen LogP contribution in [0.5, 0.6) is 0 Å². The van der Waals surface area contributed by atoms with Gasteiger partial charge in [-0.3, -0.25) is 24.3 Å². The minimum Gasteiger partial charge on any atom is -0.366 e. The number of nitrogens with zero attached hydrogens (tertiary/aromatic N) is 5. The van der Waals surface area contributed by atoms with Gasteiger partial charge in [-0.2, -0.15) is 0 Å².